The molecular formula is C28H33N7O4. The Morgan fingerprint density at radius 1 is 1.15 bits per heavy atom. The highest BCUT2D eigenvalue weighted by molar-refractivity contribution is 5.95. The quantitative estimate of drug-likeness (QED) is 0.536. The Labute approximate surface area is 227 Å². The number of aromatic nitrogens is 3. The molecule has 204 valence electrons. The summed E-state index contributed by atoms with van der Waals surface area (Å²) in [5.74, 6) is 0.504. The minimum atomic E-state index is -0.284. The molecular weight excluding hydrogens is 498 g/mol. The van der Waals surface area contributed by atoms with Crippen molar-refractivity contribution >= 4 is 34.9 Å². The molecule has 2 atom stereocenters. The van der Waals surface area contributed by atoms with Crippen LogP contribution >= 0.6 is 0 Å². The number of morpholine rings is 1. The summed E-state index contributed by atoms with van der Waals surface area (Å²) >= 11 is 0. The van der Waals surface area contributed by atoms with Gasteiger partial charge in [0, 0.05) is 55.7 Å². The molecule has 1 N–H and O–H groups in total. The van der Waals surface area contributed by atoms with Gasteiger partial charge in [0.25, 0.3) is 5.91 Å². The molecule has 2 aromatic heterocycles. The zero-order valence-corrected chi connectivity index (χ0v) is 22.2. The predicted octanol–water partition coefficient (Wildman–Crippen LogP) is 2.87. The summed E-state index contributed by atoms with van der Waals surface area (Å²) in [6.45, 7) is 6.15. The highest BCUT2D eigenvalue weighted by atomic mass is 16.6. The second kappa shape index (κ2) is 10.7. The van der Waals surface area contributed by atoms with Gasteiger partial charge in [0.2, 0.25) is 5.95 Å². The summed E-state index contributed by atoms with van der Waals surface area (Å²) < 4.78 is 12.8. The van der Waals surface area contributed by atoms with E-state index in [9.17, 15) is 9.59 Å². The Kier molecular flexibility index (Phi) is 6.92. The topological polar surface area (TPSA) is 105 Å². The molecule has 3 aromatic rings. The predicted molar refractivity (Wildman–Crippen MR) is 146 cm³/mol. The number of benzene rings is 1. The number of hydrogen-bond donors (Lipinski definition) is 1. The molecule has 6 heterocycles. The average molecular weight is 532 g/mol. The van der Waals surface area contributed by atoms with Gasteiger partial charge in [0.1, 0.15) is 0 Å². The molecule has 2 bridgehead atoms. The maximum Gasteiger partial charge on any atom is 0.410 e. The van der Waals surface area contributed by atoms with Crippen molar-refractivity contribution in [1.82, 2.24) is 29.3 Å². The Morgan fingerprint density at radius 3 is 2.77 bits per heavy atom. The van der Waals surface area contributed by atoms with E-state index in [0.29, 0.717) is 50.8 Å². The van der Waals surface area contributed by atoms with Crippen LogP contribution in [0.1, 0.15) is 29.3 Å². The maximum absolute atomic E-state index is 13.3. The molecule has 0 spiro atoms. The number of pyridine rings is 1. The third-order valence-electron chi connectivity index (χ3n) is 7.50. The van der Waals surface area contributed by atoms with E-state index in [4.69, 9.17) is 14.5 Å². The number of likely N-dealkylation sites (N-methyl/N-ethyl adjacent to an activating group) is 1. The van der Waals surface area contributed by atoms with Gasteiger partial charge in [-0.3, -0.25) is 4.79 Å². The molecule has 3 saturated heterocycles. The first-order chi connectivity index (χ1) is 19.0. The third kappa shape index (κ3) is 5.19. The molecule has 3 fully saturated rings. The number of fused-ring (bicyclic) bond motifs is 5. The van der Waals surface area contributed by atoms with Crippen LogP contribution in [0, 0.1) is 0 Å². The van der Waals surface area contributed by atoms with Crippen LogP contribution in [0.4, 0.5) is 16.4 Å². The van der Waals surface area contributed by atoms with E-state index in [0.717, 1.165) is 35.6 Å². The van der Waals surface area contributed by atoms with Crippen LogP contribution in [0.25, 0.3) is 11.2 Å². The van der Waals surface area contributed by atoms with Gasteiger partial charge in [0.05, 0.1) is 25.4 Å². The molecule has 1 aromatic carbocycles. The monoisotopic (exact) mass is 531 g/mol. The van der Waals surface area contributed by atoms with Crippen molar-refractivity contribution in [1.29, 1.82) is 0 Å². The summed E-state index contributed by atoms with van der Waals surface area (Å²) in [5, 5.41) is 7.86. The molecule has 2 unspecified atom stereocenters. The van der Waals surface area contributed by atoms with Gasteiger partial charge in [0.15, 0.2) is 5.65 Å². The average Bonchev–Trinajstić information content (AvgIpc) is 3.18. The SMILES string of the molecule is CCOC(=O)N1CC=C(c2cccn3nc(Nc4ccc(C(=O)N5CC6CN(C)CC5CO6)cc4)nc23)CC1. The highest BCUT2D eigenvalue weighted by Gasteiger charge is 2.37. The molecule has 0 saturated carbocycles. The largest absolute Gasteiger partial charge is 0.450 e. The molecule has 0 radical (unpaired) electrons. The summed E-state index contributed by atoms with van der Waals surface area (Å²) in [6.07, 6.45) is 4.40. The lowest BCUT2D eigenvalue weighted by atomic mass is 10.0. The van der Waals surface area contributed by atoms with Crippen molar-refractivity contribution in [3.05, 3.63) is 59.8 Å². The summed E-state index contributed by atoms with van der Waals surface area (Å²) in [6, 6.07) is 11.5. The molecule has 2 amide bonds. The van der Waals surface area contributed by atoms with Crippen molar-refractivity contribution < 1.29 is 19.1 Å². The molecule has 39 heavy (non-hydrogen) atoms. The van der Waals surface area contributed by atoms with E-state index in [1.54, 1.807) is 9.42 Å². The fraction of sp³-hybridized carbons (Fsp3) is 0.429. The number of nitrogens with zero attached hydrogens (tertiary/aromatic N) is 6. The van der Waals surface area contributed by atoms with Crippen LogP contribution in [0.3, 0.4) is 0 Å². The van der Waals surface area contributed by atoms with Crippen molar-refractivity contribution in [2.24, 2.45) is 0 Å². The van der Waals surface area contributed by atoms with Gasteiger partial charge in [-0.15, -0.1) is 5.10 Å². The first kappa shape index (κ1) is 25.3. The van der Waals surface area contributed by atoms with Gasteiger partial charge in [-0.05, 0) is 62.4 Å². The van der Waals surface area contributed by atoms with Crippen LogP contribution in [0.2, 0.25) is 0 Å². The second-order valence-corrected chi connectivity index (χ2v) is 10.2. The standard InChI is InChI=1S/C28H33N7O4/c1-3-38-28(37)33-13-10-19(11-14-33)24-5-4-12-35-25(24)30-27(31-35)29-21-8-6-20(7-9-21)26(36)34-17-23-16-32(2)15-22(34)18-39-23/h4-10,12,22-23H,3,11,13-18H2,1-2H3,(H,29,31). The van der Waals surface area contributed by atoms with Crippen LogP contribution in [0.15, 0.2) is 48.7 Å². The maximum atomic E-state index is 13.3. The van der Waals surface area contributed by atoms with E-state index in [-0.39, 0.29) is 24.1 Å². The second-order valence-electron chi connectivity index (χ2n) is 10.2. The number of anilines is 2. The summed E-state index contributed by atoms with van der Waals surface area (Å²) in [5.41, 5.74) is 4.31. The number of ether oxygens (including phenoxy) is 2. The number of amides is 2. The van der Waals surface area contributed by atoms with E-state index < -0.39 is 0 Å². The van der Waals surface area contributed by atoms with Gasteiger partial charge < -0.3 is 29.5 Å². The Balaban J connectivity index is 1.15. The first-order valence-corrected chi connectivity index (χ1v) is 13.4. The van der Waals surface area contributed by atoms with Crippen LogP contribution in [-0.4, -0.2) is 106 Å². The number of rotatable bonds is 5. The van der Waals surface area contributed by atoms with Crippen molar-refractivity contribution in [3.8, 4) is 0 Å². The molecule has 4 aliphatic heterocycles. The molecule has 4 aliphatic rings. The minimum Gasteiger partial charge on any atom is -0.450 e. The van der Waals surface area contributed by atoms with E-state index >= 15 is 0 Å². The Hall–Kier alpha value is -3.96. The van der Waals surface area contributed by atoms with E-state index in [1.807, 2.05) is 60.5 Å². The molecule has 0 aliphatic carbocycles. The number of carbonyl (C=O) groups is 2. The van der Waals surface area contributed by atoms with Gasteiger partial charge >= 0.3 is 6.09 Å². The number of hydrogen-bond acceptors (Lipinski definition) is 8. The van der Waals surface area contributed by atoms with Crippen molar-refractivity contribution in [3.63, 3.8) is 0 Å². The van der Waals surface area contributed by atoms with Gasteiger partial charge in [-0.1, -0.05) is 6.08 Å². The molecule has 7 rings (SSSR count). The summed E-state index contributed by atoms with van der Waals surface area (Å²) in [7, 11) is 2.07. The Morgan fingerprint density at radius 2 is 2.00 bits per heavy atom. The molecule has 11 nitrogen and oxygen atoms in total. The lowest BCUT2D eigenvalue weighted by Crippen LogP contribution is -2.52. The zero-order chi connectivity index (χ0) is 26.9. The first-order valence-electron chi connectivity index (χ1n) is 13.4. The van der Waals surface area contributed by atoms with Crippen LogP contribution in [-0.2, 0) is 9.47 Å². The van der Waals surface area contributed by atoms with Crippen molar-refractivity contribution in [2.75, 3.05) is 58.3 Å². The fourth-order valence-corrected chi connectivity index (χ4v) is 5.55. The smallest absolute Gasteiger partial charge is 0.410 e. The zero-order valence-electron chi connectivity index (χ0n) is 22.2. The summed E-state index contributed by atoms with van der Waals surface area (Å²) in [4.78, 5) is 35.9. The van der Waals surface area contributed by atoms with Gasteiger partial charge in [-0.2, -0.15) is 4.98 Å². The van der Waals surface area contributed by atoms with Crippen LogP contribution in [0.5, 0.6) is 0 Å². The highest BCUT2D eigenvalue weighted by Crippen LogP contribution is 2.27. The third-order valence-corrected chi connectivity index (χ3v) is 7.50. The lowest BCUT2D eigenvalue weighted by Gasteiger charge is -2.36. The lowest BCUT2D eigenvalue weighted by molar-refractivity contribution is -0.0328. The van der Waals surface area contributed by atoms with E-state index in [1.165, 1.54) is 0 Å². The van der Waals surface area contributed by atoms with Gasteiger partial charge in [-0.25, -0.2) is 9.31 Å². The van der Waals surface area contributed by atoms with E-state index in [2.05, 4.69) is 22.4 Å². The Bertz CT molecular complexity index is 1400. The number of nitrogens with one attached hydrogen (secondary N) is 1. The minimum absolute atomic E-state index is 0.0351. The van der Waals surface area contributed by atoms with Crippen LogP contribution < -0.4 is 5.32 Å². The fourth-order valence-electron chi connectivity index (χ4n) is 5.55. The number of carbonyl (C=O) groups excluding carboxylic acids is 2. The molecule has 11 heteroatoms. The van der Waals surface area contributed by atoms with Crippen molar-refractivity contribution in [2.45, 2.75) is 25.5 Å². The normalized spacial score (nSPS) is 21.5.